The second-order valence-electron chi connectivity index (χ2n) is 2.94. The molecule has 0 fully saturated rings. The van der Waals surface area contributed by atoms with Crippen molar-refractivity contribution in [2.24, 2.45) is 4.40 Å². The van der Waals surface area contributed by atoms with E-state index < -0.39 is 20.0 Å². The van der Waals surface area contributed by atoms with Crippen molar-refractivity contribution >= 4 is 20.0 Å². The molecule has 1 rings (SSSR count). The molecule has 0 spiro atoms. The van der Waals surface area contributed by atoms with Crippen molar-refractivity contribution in [3.05, 3.63) is 29.9 Å². The van der Waals surface area contributed by atoms with Gasteiger partial charge in [0, 0.05) is 6.20 Å². The molecule has 15 heavy (non-hydrogen) atoms. The number of sulfonamides is 1. The first kappa shape index (κ1) is 11.9. The van der Waals surface area contributed by atoms with E-state index in [1.54, 1.807) is 0 Å². The molecule has 1 heterocycles. The van der Waals surface area contributed by atoms with Gasteiger partial charge in [-0.15, -0.1) is 4.40 Å². The first-order valence-corrected chi connectivity index (χ1v) is 7.54. The van der Waals surface area contributed by atoms with Gasteiger partial charge in [-0.05, 0) is 12.1 Å². The van der Waals surface area contributed by atoms with Crippen LogP contribution in [0, 0.1) is 0 Å². The highest BCUT2D eigenvalue weighted by Gasteiger charge is 2.06. The summed E-state index contributed by atoms with van der Waals surface area (Å²) in [6.45, 7) is 0. The maximum absolute atomic E-state index is 11.2. The lowest BCUT2D eigenvalue weighted by molar-refractivity contribution is 0.590. The zero-order chi connectivity index (χ0) is 11.7. The molecule has 0 radical (unpaired) electrons. The van der Waals surface area contributed by atoms with Crippen molar-refractivity contribution < 1.29 is 16.8 Å². The van der Waals surface area contributed by atoms with Crippen molar-refractivity contribution in [1.29, 1.82) is 0 Å². The average molecular weight is 250 g/mol. The Morgan fingerprint density at radius 3 is 2.20 bits per heavy atom. The summed E-state index contributed by atoms with van der Waals surface area (Å²) in [4.78, 5) is 0. The lowest BCUT2D eigenvalue weighted by Gasteiger charge is -2.02. The van der Waals surface area contributed by atoms with Crippen molar-refractivity contribution in [3.63, 3.8) is 0 Å². The van der Waals surface area contributed by atoms with E-state index in [1.807, 2.05) is 0 Å². The fraction of sp³-hybridized carbons (Fsp3) is 0.286. The van der Waals surface area contributed by atoms with Gasteiger partial charge in [-0.25, -0.2) is 20.8 Å². The Morgan fingerprint density at radius 2 is 1.73 bits per heavy atom. The highest BCUT2D eigenvalue weighted by molar-refractivity contribution is 7.89. The van der Waals surface area contributed by atoms with E-state index in [1.165, 1.54) is 24.4 Å². The average Bonchev–Trinajstić information content (AvgIpc) is 1.99. The third kappa shape index (κ3) is 3.48. The minimum Gasteiger partial charge on any atom is -0.228 e. The number of aromatic nitrogens is 1. The lowest BCUT2D eigenvalue weighted by Crippen LogP contribution is -2.27. The van der Waals surface area contributed by atoms with Gasteiger partial charge in [-0.1, -0.05) is 6.07 Å². The zero-order valence-corrected chi connectivity index (χ0v) is 9.79. The van der Waals surface area contributed by atoms with E-state index in [4.69, 9.17) is 0 Å². The summed E-state index contributed by atoms with van der Waals surface area (Å²) < 4.78 is 48.4. The summed E-state index contributed by atoms with van der Waals surface area (Å²) in [5, 5.41) is 0. The van der Waals surface area contributed by atoms with Gasteiger partial charge in [0.25, 0.3) is 10.0 Å². The number of hydrogen-bond donors (Lipinski definition) is 0. The minimum absolute atomic E-state index is 0.137. The van der Waals surface area contributed by atoms with Gasteiger partial charge in [-0.2, -0.15) is 0 Å². The SMILES string of the molecule is CS(=O)(=O)N=c1ccccn1S(C)(=O)=O. The van der Waals surface area contributed by atoms with Crippen LogP contribution in [-0.2, 0) is 20.0 Å². The van der Waals surface area contributed by atoms with Crippen LogP contribution in [0.4, 0.5) is 0 Å². The Balaban J connectivity index is 3.67. The van der Waals surface area contributed by atoms with Gasteiger partial charge >= 0.3 is 0 Å². The fourth-order valence-corrected chi connectivity index (χ4v) is 2.21. The largest absolute Gasteiger partial charge is 0.252 e. The zero-order valence-electron chi connectivity index (χ0n) is 8.15. The van der Waals surface area contributed by atoms with E-state index >= 15 is 0 Å². The van der Waals surface area contributed by atoms with Gasteiger partial charge in [0.15, 0.2) is 5.49 Å². The van der Waals surface area contributed by atoms with Crippen LogP contribution >= 0.6 is 0 Å². The molecule has 0 atom stereocenters. The third-order valence-corrected chi connectivity index (χ3v) is 2.96. The summed E-state index contributed by atoms with van der Waals surface area (Å²) >= 11 is 0. The standard InChI is InChI=1S/C7H10N2O4S2/c1-14(10,11)8-7-5-3-4-6-9(7)15(2,12)13/h3-6H,1-2H3. The van der Waals surface area contributed by atoms with Gasteiger partial charge < -0.3 is 0 Å². The molecule has 0 aliphatic heterocycles. The Bertz CT molecular complexity index is 625. The Kier molecular flexibility index (Phi) is 3.00. The Morgan fingerprint density at radius 1 is 1.13 bits per heavy atom. The van der Waals surface area contributed by atoms with E-state index in [0.29, 0.717) is 0 Å². The summed E-state index contributed by atoms with van der Waals surface area (Å²) in [7, 11) is -7.17. The molecule has 0 aliphatic carbocycles. The number of rotatable bonds is 2. The van der Waals surface area contributed by atoms with Crippen LogP contribution in [0.15, 0.2) is 28.8 Å². The minimum atomic E-state index is -3.62. The first-order chi connectivity index (χ1) is 6.70. The highest BCUT2D eigenvalue weighted by Crippen LogP contribution is 1.90. The number of nitrogens with zero attached hydrogens (tertiary/aromatic N) is 2. The van der Waals surface area contributed by atoms with Gasteiger partial charge in [0.05, 0.1) is 12.5 Å². The first-order valence-electron chi connectivity index (χ1n) is 3.84. The predicted molar refractivity (Wildman–Crippen MR) is 55.1 cm³/mol. The maximum atomic E-state index is 11.2. The van der Waals surface area contributed by atoms with Gasteiger partial charge in [0.2, 0.25) is 10.0 Å². The smallest absolute Gasteiger partial charge is 0.228 e. The summed E-state index contributed by atoms with van der Waals surface area (Å²) in [6, 6.07) is 4.29. The van der Waals surface area contributed by atoms with Gasteiger partial charge in [-0.3, -0.25) is 0 Å². The molecule has 0 unspecified atom stereocenters. The van der Waals surface area contributed by atoms with Crippen LogP contribution in [0.1, 0.15) is 0 Å². The normalized spacial score (nSPS) is 14.1. The molecular weight excluding hydrogens is 240 g/mol. The maximum Gasteiger partial charge on any atom is 0.252 e. The molecule has 0 saturated carbocycles. The van der Waals surface area contributed by atoms with Crippen LogP contribution in [0.5, 0.6) is 0 Å². The molecule has 1 aromatic heterocycles. The number of pyridine rings is 1. The van der Waals surface area contributed by atoms with E-state index in [0.717, 1.165) is 16.5 Å². The molecular formula is C7H10N2O4S2. The predicted octanol–water partition coefficient (Wildman–Crippen LogP) is -0.844. The quantitative estimate of drug-likeness (QED) is 0.684. The van der Waals surface area contributed by atoms with Crippen LogP contribution in [-0.4, -0.2) is 33.3 Å². The molecule has 0 aromatic carbocycles. The van der Waals surface area contributed by atoms with E-state index in [9.17, 15) is 16.8 Å². The van der Waals surface area contributed by atoms with Crippen LogP contribution in [0.25, 0.3) is 0 Å². The molecule has 0 N–H and O–H groups in total. The van der Waals surface area contributed by atoms with Crippen molar-refractivity contribution in [1.82, 2.24) is 3.97 Å². The fourth-order valence-electron chi connectivity index (χ4n) is 0.940. The van der Waals surface area contributed by atoms with Crippen LogP contribution in [0.3, 0.4) is 0 Å². The molecule has 1 aromatic rings. The van der Waals surface area contributed by atoms with Crippen molar-refractivity contribution in [3.8, 4) is 0 Å². The van der Waals surface area contributed by atoms with Gasteiger partial charge in [0.1, 0.15) is 0 Å². The molecule has 0 aliphatic rings. The molecule has 0 saturated heterocycles. The van der Waals surface area contributed by atoms with Crippen LogP contribution in [0.2, 0.25) is 0 Å². The lowest BCUT2D eigenvalue weighted by atomic mass is 10.5. The number of hydrogen-bond acceptors (Lipinski definition) is 4. The van der Waals surface area contributed by atoms with E-state index in [-0.39, 0.29) is 5.49 Å². The Labute approximate surface area is 88.0 Å². The molecule has 0 amide bonds. The third-order valence-electron chi connectivity index (χ3n) is 1.42. The summed E-state index contributed by atoms with van der Waals surface area (Å²) in [5.74, 6) is 0. The summed E-state index contributed by atoms with van der Waals surface area (Å²) in [6.07, 6.45) is 3.10. The molecule has 6 nitrogen and oxygen atoms in total. The van der Waals surface area contributed by atoms with Crippen molar-refractivity contribution in [2.45, 2.75) is 0 Å². The second-order valence-corrected chi connectivity index (χ2v) is 6.45. The van der Waals surface area contributed by atoms with Crippen LogP contribution < -0.4 is 5.49 Å². The topological polar surface area (TPSA) is 85.6 Å². The Hall–Kier alpha value is -1.15. The van der Waals surface area contributed by atoms with E-state index in [2.05, 4.69) is 4.40 Å². The molecule has 84 valence electrons. The highest BCUT2D eigenvalue weighted by atomic mass is 32.2. The summed E-state index contributed by atoms with van der Waals surface area (Å²) in [5.41, 5.74) is -0.137. The second kappa shape index (κ2) is 3.78. The van der Waals surface area contributed by atoms with Crippen molar-refractivity contribution in [2.75, 3.05) is 12.5 Å². The molecule has 0 bridgehead atoms. The monoisotopic (exact) mass is 250 g/mol. The molecule has 8 heteroatoms.